The third-order valence-electron chi connectivity index (χ3n) is 3.49. The number of nitrogens with one attached hydrogen (secondary N) is 2. The van der Waals surface area contributed by atoms with E-state index in [-0.39, 0.29) is 5.91 Å². The largest absolute Gasteiger partial charge is 0.378 e. The van der Waals surface area contributed by atoms with Crippen LogP contribution in [0.25, 0.3) is 0 Å². The Morgan fingerprint density at radius 1 is 1.42 bits per heavy atom. The van der Waals surface area contributed by atoms with Crippen LogP contribution in [0, 0.1) is 0 Å². The smallest absolute Gasteiger partial charge is 0.225 e. The number of carbonyl (C=O) groups excluding carboxylic acids is 1. The van der Waals surface area contributed by atoms with E-state index in [1.807, 2.05) is 43.3 Å². The van der Waals surface area contributed by atoms with E-state index in [2.05, 4.69) is 10.6 Å². The van der Waals surface area contributed by atoms with E-state index in [9.17, 15) is 4.79 Å². The summed E-state index contributed by atoms with van der Waals surface area (Å²) in [5.74, 6) is 0.0929. The van der Waals surface area contributed by atoms with Crippen LogP contribution in [0.5, 0.6) is 0 Å². The first-order chi connectivity index (χ1) is 9.15. The van der Waals surface area contributed by atoms with Gasteiger partial charge in [0.25, 0.3) is 0 Å². The van der Waals surface area contributed by atoms with Crippen molar-refractivity contribution in [3.63, 3.8) is 0 Å². The molecule has 1 saturated heterocycles. The Labute approximate surface area is 115 Å². The average molecular weight is 261 g/mol. The molecule has 1 amide bonds. The van der Waals surface area contributed by atoms with Gasteiger partial charge in [-0.05, 0) is 37.6 Å². The van der Waals surface area contributed by atoms with Gasteiger partial charge in [-0.15, -0.1) is 0 Å². The van der Waals surface area contributed by atoms with Crippen molar-refractivity contribution in [3.05, 3.63) is 24.3 Å². The molecule has 2 N–H and O–H groups in total. The van der Waals surface area contributed by atoms with Gasteiger partial charge < -0.3 is 15.5 Å². The van der Waals surface area contributed by atoms with E-state index in [0.29, 0.717) is 12.5 Å². The van der Waals surface area contributed by atoms with Crippen LogP contribution in [0.2, 0.25) is 0 Å². The highest BCUT2D eigenvalue weighted by atomic mass is 16.1. The number of rotatable bonds is 4. The fourth-order valence-corrected chi connectivity index (χ4v) is 2.40. The molecule has 0 bridgehead atoms. The first-order valence-electron chi connectivity index (χ1n) is 6.96. The highest BCUT2D eigenvalue weighted by Crippen LogP contribution is 2.18. The summed E-state index contributed by atoms with van der Waals surface area (Å²) in [6.07, 6.45) is 4.11. The Bertz CT molecular complexity index is 425. The molecule has 1 aliphatic rings. The molecule has 0 aromatic heterocycles. The van der Waals surface area contributed by atoms with E-state index in [4.69, 9.17) is 0 Å². The third-order valence-corrected chi connectivity index (χ3v) is 3.49. The number of amides is 1. The molecule has 0 aliphatic carbocycles. The number of piperidine rings is 1. The zero-order valence-electron chi connectivity index (χ0n) is 11.8. The van der Waals surface area contributed by atoms with Crippen LogP contribution >= 0.6 is 0 Å². The van der Waals surface area contributed by atoms with Crippen LogP contribution in [0.4, 0.5) is 11.4 Å². The molecule has 0 spiro atoms. The van der Waals surface area contributed by atoms with Gasteiger partial charge in [0.15, 0.2) is 0 Å². The minimum absolute atomic E-state index is 0.0929. The third kappa shape index (κ3) is 4.24. The van der Waals surface area contributed by atoms with Gasteiger partial charge in [0, 0.05) is 37.9 Å². The number of benzene rings is 1. The number of hydrogen-bond acceptors (Lipinski definition) is 3. The number of anilines is 2. The fourth-order valence-electron chi connectivity index (χ4n) is 2.40. The topological polar surface area (TPSA) is 44.4 Å². The molecule has 1 heterocycles. The Morgan fingerprint density at radius 2 is 2.26 bits per heavy atom. The summed E-state index contributed by atoms with van der Waals surface area (Å²) in [4.78, 5) is 14.0. The molecule has 4 heteroatoms. The minimum atomic E-state index is 0.0929. The summed E-state index contributed by atoms with van der Waals surface area (Å²) in [7, 11) is 3.99. The van der Waals surface area contributed by atoms with Crippen molar-refractivity contribution in [1.29, 1.82) is 0 Å². The molecule has 1 atom stereocenters. The highest BCUT2D eigenvalue weighted by Gasteiger charge is 2.16. The van der Waals surface area contributed by atoms with Crippen LogP contribution in [-0.2, 0) is 4.79 Å². The Morgan fingerprint density at radius 3 is 2.95 bits per heavy atom. The molecule has 1 unspecified atom stereocenters. The molecule has 2 rings (SSSR count). The van der Waals surface area contributed by atoms with Gasteiger partial charge in [0.2, 0.25) is 5.91 Å². The van der Waals surface area contributed by atoms with E-state index in [0.717, 1.165) is 24.3 Å². The molecule has 1 aliphatic heterocycles. The van der Waals surface area contributed by atoms with Crippen LogP contribution in [-0.4, -0.2) is 32.6 Å². The maximum atomic E-state index is 12.0. The van der Waals surface area contributed by atoms with Crippen LogP contribution in [0.1, 0.15) is 25.7 Å². The van der Waals surface area contributed by atoms with Crippen LogP contribution < -0.4 is 15.5 Å². The lowest BCUT2D eigenvalue weighted by Crippen LogP contribution is -2.36. The van der Waals surface area contributed by atoms with Crippen molar-refractivity contribution in [3.8, 4) is 0 Å². The summed E-state index contributed by atoms with van der Waals surface area (Å²) in [5, 5.41) is 6.38. The Hall–Kier alpha value is -1.55. The summed E-state index contributed by atoms with van der Waals surface area (Å²) < 4.78 is 0. The highest BCUT2D eigenvalue weighted by molar-refractivity contribution is 5.91. The molecule has 1 aromatic carbocycles. The number of nitrogens with zero attached hydrogens (tertiary/aromatic N) is 1. The van der Waals surface area contributed by atoms with Crippen molar-refractivity contribution in [2.75, 3.05) is 30.9 Å². The number of hydrogen-bond donors (Lipinski definition) is 2. The molecule has 4 nitrogen and oxygen atoms in total. The van der Waals surface area contributed by atoms with Gasteiger partial charge in [0.1, 0.15) is 0 Å². The predicted molar refractivity (Wildman–Crippen MR) is 79.7 cm³/mol. The molecule has 1 aromatic rings. The fraction of sp³-hybridized carbons (Fsp3) is 0.533. The lowest BCUT2D eigenvalue weighted by Gasteiger charge is -2.23. The molecule has 104 valence electrons. The Balaban J connectivity index is 1.89. The van der Waals surface area contributed by atoms with Gasteiger partial charge >= 0.3 is 0 Å². The van der Waals surface area contributed by atoms with Gasteiger partial charge in [-0.3, -0.25) is 4.79 Å². The zero-order chi connectivity index (χ0) is 13.7. The van der Waals surface area contributed by atoms with Gasteiger partial charge in [-0.2, -0.15) is 0 Å². The second-order valence-electron chi connectivity index (χ2n) is 5.34. The zero-order valence-corrected chi connectivity index (χ0v) is 11.8. The van der Waals surface area contributed by atoms with Crippen molar-refractivity contribution >= 4 is 17.3 Å². The first-order valence-corrected chi connectivity index (χ1v) is 6.96. The van der Waals surface area contributed by atoms with Crippen molar-refractivity contribution < 1.29 is 4.79 Å². The van der Waals surface area contributed by atoms with Gasteiger partial charge in [-0.1, -0.05) is 12.5 Å². The summed E-state index contributed by atoms with van der Waals surface area (Å²) in [5.41, 5.74) is 1.96. The molecule has 0 radical (unpaired) electrons. The molecular formula is C15H23N3O. The van der Waals surface area contributed by atoms with Crippen molar-refractivity contribution in [1.82, 2.24) is 5.32 Å². The summed E-state index contributed by atoms with van der Waals surface area (Å²) in [6, 6.07) is 8.25. The molecular weight excluding hydrogens is 238 g/mol. The second kappa shape index (κ2) is 6.57. The van der Waals surface area contributed by atoms with E-state index < -0.39 is 0 Å². The first kappa shape index (κ1) is 13.9. The minimum Gasteiger partial charge on any atom is -0.378 e. The second-order valence-corrected chi connectivity index (χ2v) is 5.34. The molecule has 19 heavy (non-hydrogen) atoms. The van der Waals surface area contributed by atoms with Crippen molar-refractivity contribution in [2.24, 2.45) is 0 Å². The summed E-state index contributed by atoms with van der Waals surface area (Å²) in [6.45, 7) is 1.04. The lowest BCUT2D eigenvalue weighted by molar-refractivity contribution is -0.116. The lowest BCUT2D eigenvalue weighted by atomic mass is 10.0. The monoisotopic (exact) mass is 261 g/mol. The SMILES string of the molecule is CN(C)c1cccc(NC(=O)CC2CCCCN2)c1. The van der Waals surface area contributed by atoms with Crippen LogP contribution in [0.3, 0.4) is 0 Å². The molecule has 0 saturated carbocycles. The van der Waals surface area contributed by atoms with E-state index in [1.165, 1.54) is 12.8 Å². The van der Waals surface area contributed by atoms with Gasteiger partial charge in [-0.25, -0.2) is 0 Å². The maximum Gasteiger partial charge on any atom is 0.225 e. The maximum absolute atomic E-state index is 12.0. The standard InChI is InChI=1S/C15H23N3O/c1-18(2)14-8-5-7-13(10-14)17-15(19)11-12-6-3-4-9-16-12/h5,7-8,10,12,16H,3-4,6,9,11H2,1-2H3,(H,17,19). The van der Waals surface area contributed by atoms with Crippen molar-refractivity contribution in [2.45, 2.75) is 31.7 Å². The number of carbonyl (C=O) groups is 1. The summed E-state index contributed by atoms with van der Waals surface area (Å²) >= 11 is 0. The van der Waals surface area contributed by atoms with E-state index in [1.54, 1.807) is 0 Å². The van der Waals surface area contributed by atoms with Gasteiger partial charge in [0.05, 0.1) is 0 Å². The van der Waals surface area contributed by atoms with E-state index >= 15 is 0 Å². The van der Waals surface area contributed by atoms with Crippen LogP contribution in [0.15, 0.2) is 24.3 Å². The predicted octanol–water partition coefficient (Wildman–Crippen LogP) is 2.22. The normalized spacial score (nSPS) is 18.9. The average Bonchev–Trinajstić information content (AvgIpc) is 2.40. The molecule has 1 fully saturated rings. The quantitative estimate of drug-likeness (QED) is 0.873. The Kier molecular flexibility index (Phi) is 4.80.